The van der Waals surface area contributed by atoms with Crippen molar-refractivity contribution in [2.45, 2.75) is 25.3 Å². The summed E-state index contributed by atoms with van der Waals surface area (Å²) in [5.41, 5.74) is 1.85. The monoisotopic (exact) mass is 400 g/mol. The summed E-state index contributed by atoms with van der Waals surface area (Å²) in [7, 11) is 2.95. The molecular weight excluding hydrogens is 376 g/mol. The number of benzene rings is 2. The number of amides is 1. The molecule has 2 aromatic rings. The molecule has 0 bridgehead atoms. The highest BCUT2D eigenvalue weighted by Gasteiger charge is 2.28. The molecule has 8 heteroatoms. The minimum absolute atomic E-state index is 0.0611. The lowest BCUT2D eigenvalue weighted by Crippen LogP contribution is -2.31. The van der Waals surface area contributed by atoms with Crippen LogP contribution in [0.15, 0.2) is 36.4 Å². The van der Waals surface area contributed by atoms with Crippen LogP contribution in [0.4, 0.5) is 5.69 Å². The Morgan fingerprint density at radius 2 is 2.00 bits per heavy atom. The lowest BCUT2D eigenvalue weighted by molar-refractivity contribution is -0.385. The highest BCUT2D eigenvalue weighted by atomic mass is 16.6. The number of nitrogens with zero attached hydrogens (tertiary/aromatic N) is 1. The van der Waals surface area contributed by atoms with Crippen molar-refractivity contribution in [1.82, 2.24) is 5.32 Å². The first-order chi connectivity index (χ1) is 14.0. The summed E-state index contributed by atoms with van der Waals surface area (Å²) in [6.07, 6.45) is 2.69. The first kappa shape index (κ1) is 20.6. The van der Waals surface area contributed by atoms with Gasteiger partial charge in [0.05, 0.1) is 30.7 Å². The number of carbonyl (C=O) groups is 1. The van der Waals surface area contributed by atoms with E-state index in [-0.39, 0.29) is 35.4 Å². The van der Waals surface area contributed by atoms with E-state index in [0.717, 1.165) is 24.8 Å². The molecule has 1 N–H and O–H groups in total. The smallest absolute Gasteiger partial charge is 0.286 e. The van der Waals surface area contributed by atoms with E-state index in [1.807, 2.05) is 24.3 Å². The van der Waals surface area contributed by atoms with Crippen molar-refractivity contribution in [3.63, 3.8) is 0 Å². The molecule has 8 nitrogen and oxygen atoms in total. The molecule has 0 spiro atoms. The molecule has 0 aromatic heterocycles. The zero-order valence-electron chi connectivity index (χ0n) is 16.5. The van der Waals surface area contributed by atoms with Gasteiger partial charge < -0.3 is 19.5 Å². The summed E-state index contributed by atoms with van der Waals surface area (Å²) in [5, 5.41) is 14.6. The van der Waals surface area contributed by atoms with Crippen LogP contribution in [0.3, 0.4) is 0 Å². The van der Waals surface area contributed by atoms with E-state index >= 15 is 0 Å². The summed E-state index contributed by atoms with van der Waals surface area (Å²) < 4.78 is 15.7. The largest absolute Gasteiger partial charge is 0.493 e. The van der Waals surface area contributed by atoms with Gasteiger partial charge in [-0.05, 0) is 30.4 Å². The van der Waals surface area contributed by atoms with Crippen LogP contribution in [0, 0.1) is 10.1 Å². The number of nitrogens with one attached hydrogen (secondary N) is 1. The van der Waals surface area contributed by atoms with Gasteiger partial charge in [0.2, 0.25) is 0 Å². The Balaban J connectivity index is 1.89. The second-order valence-corrected chi connectivity index (χ2v) is 6.74. The maximum atomic E-state index is 13.0. The fourth-order valence-corrected chi connectivity index (χ4v) is 3.53. The quantitative estimate of drug-likeness (QED) is 0.414. The Labute approximate surface area is 168 Å². The fraction of sp³-hybridized carbons (Fsp3) is 0.381. The van der Waals surface area contributed by atoms with Crippen LogP contribution in [0.2, 0.25) is 0 Å². The van der Waals surface area contributed by atoms with Gasteiger partial charge in [-0.25, -0.2) is 0 Å². The molecular formula is C21H24N2O6. The molecule has 0 saturated heterocycles. The number of methoxy groups -OCH3 is 2. The number of fused-ring (bicyclic) bond motifs is 1. The van der Waals surface area contributed by atoms with Crippen molar-refractivity contribution in [1.29, 1.82) is 0 Å². The number of carbonyl (C=O) groups excluding carboxylic acids is 1. The molecule has 0 fully saturated rings. The number of hydrogen-bond acceptors (Lipinski definition) is 6. The van der Waals surface area contributed by atoms with E-state index in [0.29, 0.717) is 6.61 Å². The molecule has 29 heavy (non-hydrogen) atoms. The molecule has 0 saturated carbocycles. The lowest BCUT2D eigenvalue weighted by atomic mass is 9.87. The number of nitro groups is 1. The van der Waals surface area contributed by atoms with E-state index in [4.69, 9.17) is 14.2 Å². The summed E-state index contributed by atoms with van der Waals surface area (Å²) >= 11 is 0. The maximum Gasteiger partial charge on any atom is 0.286 e. The van der Waals surface area contributed by atoms with E-state index in [2.05, 4.69) is 5.32 Å². The van der Waals surface area contributed by atoms with Gasteiger partial charge in [-0.15, -0.1) is 0 Å². The van der Waals surface area contributed by atoms with Gasteiger partial charge in [-0.1, -0.05) is 24.3 Å². The van der Waals surface area contributed by atoms with Crippen LogP contribution in [-0.4, -0.2) is 38.3 Å². The molecule has 3 rings (SSSR count). The minimum atomic E-state index is -0.591. The van der Waals surface area contributed by atoms with Crippen LogP contribution in [0.1, 0.15) is 40.4 Å². The van der Waals surface area contributed by atoms with Gasteiger partial charge >= 0.3 is 0 Å². The topological polar surface area (TPSA) is 99.9 Å². The number of ether oxygens (including phenoxy) is 3. The first-order valence-corrected chi connectivity index (χ1v) is 9.42. The molecule has 0 unspecified atom stereocenters. The molecule has 1 aliphatic rings. The Morgan fingerprint density at radius 3 is 2.72 bits per heavy atom. The summed E-state index contributed by atoms with van der Waals surface area (Å²) in [6, 6.07) is 10.3. The molecule has 0 heterocycles. The number of rotatable bonds is 8. The molecule has 1 aliphatic carbocycles. The van der Waals surface area contributed by atoms with Crippen molar-refractivity contribution < 1.29 is 23.9 Å². The summed E-state index contributed by atoms with van der Waals surface area (Å²) in [5.74, 6) is -0.0724. The molecule has 0 radical (unpaired) electrons. The molecule has 0 aliphatic heterocycles. The highest BCUT2D eigenvalue weighted by molar-refractivity contribution is 5.99. The average Bonchev–Trinajstić information content (AvgIpc) is 2.73. The lowest BCUT2D eigenvalue weighted by Gasteiger charge is -2.26. The van der Waals surface area contributed by atoms with Crippen LogP contribution in [-0.2, 0) is 11.2 Å². The standard InChI is InChI=1S/C21H24N2O6/c1-27-10-11-29-20-13-18(23(25)26)16(12-19(20)28-2)21(24)22-17-9-5-7-14-6-3-4-8-15(14)17/h3-4,6,8,12-13,17H,5,7,9-11H2,1-2H3,(H,22,24)/t17-/m0/s1. The van der Waals surface area contributed by atoms with Crippen LogP contribution in [0.25, 0.3) is 0 Å². The predicted molar refractivity (Wildman–Crippen MR) is 107 cm³/mol. The van der Waals surface area contributed by atoms with E-state index in [1.165, 1.54) is 31.9 Å². The Hall–Kier alpha value is -3.13. The van der Waals surface area contributed by atoms with Crippen LogP contribution >= 0.6 is 0 Å². The Morgan fingerprint density at radius 1 is 1.21 bits per heavy atom. The average molecular weight is 400 g/mol. The van der Waals surface area contributed by atoms with Gasteiger partial charge in [0, 0.05) is 13.2 Å². The van der Waals surface area contributed by atoms with Crippen molar-refractivity contribution in [3.05, 3.63) is 63.2 Å². The van der Waals surface area contributed by atoms with Gasteiger partial charge in [-0.3, -0.25) is 14.9 Å². The summed E-state index contributed by atoms with van der Waals surface area (Å²) in [4.78, 5) is 24.0. The van der Waals surface area contributed by atoms with Crippen LogP contribution < -0.4 is 14.8 Å². The van der Waals surface area contributed by atoms with Gasteiger partial charge in [0.25, 0.3) is 11.6 Å². The number of hydrogen-bond donors (Lipinski definition) is 1. The second kappa shape index (κ2) is 9.38. The number of nitro benzene ring substituents is 1. The van der Waals surface area contributed by atoms with E-state index in [1.54, 1.807) is 0 Å². The first-order valence-electron chi connectivity index (χ1n) is 9.42. The third kappa shape index (κ3) is 4.65. The van der Waals surface area contributed by atoms with Gasteiger partial charge in [0.15, 0.2) is 11.5 Å². The third-order valence-corrected chi connectivity index (χ3v) is 4.94. The normalized spacial score (nSPS) is 15.3. The highest BCUT2D eigenvalue weighted by Crippen LogP contribution is 2.36. The van der Waals surface area contributed by atoms with Gasteiger partial charge in [-0.2, -0.15) is 0 Å². The van der Waals surface area contributed by atoms with E-state index < -0.39 is 10.8 Å². The Kier molecular flexibility index (Phi) is 6.66. The SMILES string of the molecule is COCCOc1cc([N+](=O)[O-])c(C(=O)N[C@H]2CCCc3ccccc32)cc1OC. The predicted octanol–water partition coefficient (Wildman–Crippen LogP) is 3.44. The van der Waals surface area contributed by atoms with Crippen molar-refractivity contribution in [2.24, 2.45) is 0 Å². The third-order valence-electron chi connectivity index (χ3n) is 4.94. The fourth-order valence-electron chi connectivity index (χ4n) is 3.53. The molecule has 2 aromatic carbocycles. The maximum absolute atomic E-state index is 13.0. The zero-order chi connectivity index (χ0) is 20.8. The minimum Gasteiger partial charge on any atom is -0.493 e. The molecule has 154 valence electrons. The Bertz CT molecular complexity index is 899. The van der Waals surface area contributed by atoms with Gasteiger partial charge in [0.1, 0.15) is 12.2 Å². The molecule has 1 amide bonds. The zero-order valence-corrected chi connectivity index (χ0v) is 16.5. The van der Waals surface area contributed by atoms with Crippen molar-refractivity contribution >= 4 is 11.6 Å². The molecule has 1 atom stereocenters. The van der Waals surface area contributed by atoms with E-state index in [9.17, 15) is 14.9 Å². The van der Waals surface area contributed by atoms with Crippen molar-refractivity contribution in [3.8, 4) is 11.5 Å². The number of aryl methyl sites for hydroxylation is 1. The van der Waals surface area contributed by atoms with Crippen molar-refractivity contribution in [2.75, 3.05) is 27.4 Å². The van der Waals surface area contributed by atoms with Crippen LogP contribution in [0.5, 0.6) is 11.5 Å². The second-order valence-electron chi connectivity index (χ2n) is 6.74. The summed E-state index contributed by atoms with van der Waals surface area (Å²) in [6.45, 7) is 0.523.